The fourth-order valence-corrected chi connectivity index (χ4v) is 9.97. The summed E-state index contributed by atoms with van der Waals surface area (Å²) >= 11 is 12.4. The smallest absolute Gasteiger partial charge is 0.258 e. The third-order valence-corrected chi connectivity index (χ3v) is 14.1. The fourth-order valence-electron chi connectivity index (χ4n) is 4.03. The van der Waals surface area contributed by atoms with Gasteiger partial charge in [0.15, 0.2) is 5.76 Å². The molecule has 0 spiro atoms. The zero-order chi connectivity index (χ0) is 25.6. The van der Waals surface area contributed by atoms with Crippen LogP contribution in [0.5, 0.6) is 0 Å². The van der Waals surface area contributed by atoms with E-state index in [9.17, 15) is 0 Å². The summed E-state index contributed by atoms with van der Waals surface area (Å²) < 4.78 is 17.7. The summed E-state index contributed by atoms with van der Waals surface area (Å²) in [7, 11) is 0. The van der Waals surface area contributed by atoms with Crippen LogP contribution in [0.25, 0.3) is 0 Å². The van der Waals surface area contributed by atoms with Gasteiger partial charge in [0.25, 0.3) is 6.26 Å². The zero-order valence-corrected chi connectivity index (χ0v) is 23.5. The summed E-state index contributed by atoms with van der Waals surface area (Å²) in [5.74, 6) is 1.48. The van der Waals surface area contributed by atoms with Crippen molar-refractivity contribution in [3.05, 3.63) is 145 Å². The summed E-state index contributed by atoms with van der Waals surface area (Å²) in [4.78, 5) is 0. The van der Waals surface area contributed by atoms with Crippen LogP contribution >= 0.6 is 12.5 Å². The monoisotopic (exact) mass is 561 g/mol. The molecule has 5 aromatic rings. The molecule has 5 rings (SSSR count). The number of benzene rings is 4. The average Bonchev–Trinajstić information content (AvgIpc) is 3.44. The van der Waals surface area contributed by atoms with E-state index in [4.69, 9.17) is 37.1 Å². The van der Waals surface area contributed by atoms with Crippen molar-refractivity contribution in [3.63, 3.8) is 0 Å². The molecular formula is C30H27O3P2S2+. The van der Waals surface area contributed by atoms with Crippen LogP contribution < -0.4 is 21.2 Å². The molecule has 0 fully saturated rings. The first-order valence-corrected chi connectivity index (χ1v) is 17.4. The predicted octanol–water partition coefficient (Wildman–Crippen LogP) is 5.92. The number of aliphatic hydroxyl groups is 1. The maximum atomic E-state index is 6.47. The zero-order valence-electron chi connectivity index (χ0n) is 20.1. The van der Waals surface area contributed by atoms with E-state index in [1.165, 1.54) is 0 Å². The van der Waals surface area contributed by atoms with E-state index in [-0.39, 0.29) is 6.61 Å². The van der Waals surface area contributed by atoms with Crippen molar-refractivity contribution in [1.82, 2.24) is 0 Å². The Bertz CT molecular complexity index is 1320. The molecule has 1 aromatic heterocycles. The van der Waals surface area contributed by atoms with Crippen LogP contribution in [0.1, 0.15) is 11.5 Å². The minimum Gasteiger partial charge on any atom is -0.455 e. The molecule has 186 valence electrons. The first kappa shape index (κ1) is 26.0. The summed E-state index contributed by atoms with van der Waals surface area (Å²) in [6.45, 7) is 0.680. The Kier molecular flexibility index (Phi) is 8.32. The third-order valence-electron chi connectivity index (χ3n) is 5.94. The van der Waals surface area contributed by atoms with Gasteiger partial charge in [0.2, 0.25) is 6.61 Å². The molecule has 0 bridgehead atoms. The highest BCUT2D eigenvalue weighted by Gasteiger charge is 2.30. The molecule has 0 amide bonds. The van der Waals surface area contributed by atoms with Gasteiger partial charge in [-0.15, -0.1) is 0 Å². The normalized spacial score (nSPS) is 11.9. The van der Waals surface area contributed by atoms with Gasteiger partial charge < -0.3 is 13.5 Å². The van der Waals surface area contributed by atoms with Crippen LogP contribution in [-0.2, 0) is 41.4 Å². The van der Waals surface area contributed by atoms with Crippen LogP contribution in [0.4, 0.5) is 0 Å². The Morgan fingerprint density at radius 3 is 1.41 bits per heavy atom. The topological polar surface area (TPSA) is 35.2 Å². The molecule has 1 N–H and O–H groups in total. The molecule has 7 heteroatoms. The minimum atomic E-state index is -2.46. The Balaban J connectivity index is 1.33. The molecule has 4 aromatic carbocycles. The first-order chi connectivity index (χ1) is 18.1. The van der Waals surface area contributed by atoms with Crippen molar-refractivity contribution in [2.24, 2.45) is 0 Å². The Hall–Kier alpha value is -2.62. The lowest BCUT2D eigenvalue weighted by molar-refractivity contribution is 0.134. The Morgan fingerprint density at radius 1 is 0.541 bits per heavy atom. The quantitative estimate of drug-likeness (QED) is 0.157. The maximum absolute atomic E-state index is 6.47. The second-order valence-electron chi connectivity index (χ2n) is 8.41. The minimum absolute atomic E-state index is 0.284. The van der Waals surface area contributed by atoms with Crippen molar-refractivity contribution < 1.29 is 13.5 Å². The van der Waals surface area contributed by atoms with E-state index < -0.39 is 12.5 Å². The highest BCUT2D eigenvalue weighted by atomic mass is 32.4. The molecule has 0 saturated carbocycles. The predicted molar refractivity (Wildman–Crippen MR) is 162 cm³/mol. The van der Waals surface area contributed by atoms with Crippen LogP contribution in [0.3, 0.4) is 0 Å². The van der Waals surface area contributed by atoms with Crippen LogP contribution in [0.2, 0.25) is 0 Å². The molecule has 0 aliphatic rings. The summed E-state index contributed by atoms with van der Waals surface area (Å²) in [5, 5.41) is 4.17. The van der Waals surface area contributed by atoms with Gasteiger partial charge in [-0.1, -0.05) is 109 Å². The standard InChI is InChI=1S/C30H26O3P2S2/c36-34(27-13-5-1-6-14-27,28-15-7-2-8-16-28)31-23-25-21-22-26(33-25)24-32-35(37,29-17-9-3-10-18-29)30-19-11-4-12-20-30/h1-22H,23-24H2/p+1. The molecule has 0 aliphatic carbocycles. The van der Waals surface area contributed by atoms with Gasteiger partial charge in [0, 0.05) is 10.6 Å². The van der Waals surface area contributed by atoms with Crippen LogP contribution in [-0.4, -0.2) is 4.52 Å². The number of furan rings is 1. The van der Waals surface area contributed by atoms with Gasteiger partial charge in [0.05, 0.1) is 10.6 Å². The lowest BCUT2D eigenvalue weighted by atomic mass is 10.4. The van der Waals surface area contributed by atoms with Crippen molar-refractivity contribution in [2.45, 2.75) is 13.2 Å². The number of hydrogen-bond donors (Lipinski definition) is 0. The molecule has 1 heterocycles. The van der Waals surface area contributed by atoms with E-state index >= 15 is 0 Å². The van der Waals surface area contributed by atoms with Gasteiger partial charge >= 0.3 is 0 Å². The Morgan fingerprint density at radius 2 is 0.946 bits per heavy atom. The maximum Gasteiger partial charge on any atom is 0.258 e. The third kappa shape index (κ3) is 5.94. The van der Waals surface area contributed by atoms with Gasteiger partial charge in [-0.25, -0.2) is 0 Å². The van der Waals surface area contributed by atoms with Crippen molar-refractivity contribution in [3.8, 4) is 0 Å². The molecule has 0 atom stereocenters. The summed E-state index contributed by atoms with van der Waals surface area (Å²) in [6.07, 6.45) is -4.81. The second kappa shape index (κ2) is 11.8. The molecule has 37 heavy (non-hydrogen) atoms. The molecule has 0 aliphatic heterocycles. The van der Waals surface area contributed by atoms with E-state index in [1.54, 1.807) is 0 Å². The molecule has 3 nitrogen and oxygen atoms in total. The summed E-state index contributed by atoms with van der Waals surface area (Å²) in [5.41, 5.74) is 0. The van der Waals surface area contributed by atoms with E-state index in [0.29, 0.717) is 6.61 Å². The molecule has 0 saturated heterocycles. The molecule has 0 unspecified atom stereocenters. The highest BCUT2D eigenvalue weighted by Crippen LogP contribution is 2.46. The van der Waals surface area contributed by atoms with Crippen LogP contribution in [0.15, 0.2) is 138 Å². The van der Waals surface area contributed by atoms with Gasteiger partial charge in [0.1, 0.15) is 18.6 Å². The van der Waals surface area contributed by atoms with Crippen molar-refractivity contribution >= 4 is 57.4 Å². The average molecular weight is 562 g/mol. The van der Waals surface area contributed by atoms with E-state index in [2.05, 4.69) is 24.3 Å². The van der Waals surface area contributed by atoms with Crippen molar-refractivity contribution in [1.29, 1.82) is 0 Å². The van der Waals surface area contributed by atoms with Gasteiger partial charge in [-0.2, -0.15) is 0 Å². The summed E-state index contributed by atoms with van der Waals surface area (Å²) in [6, 6.07) is 44.4. The van der Waals surface area contributed by atoms with E-state index in [0.717, 1.165) is 32.7 Å². The van der Waals surface area contributed by atoms with Gasteiger partial charge in [-0.3, -0.25) is 0 Å². The van der Waals surface area contributed by atoms with Crippen LogP contribution in [0, 0.1) is 0 Å². The van der Waals surface area contributed by atoms with E-state index in [1.807, 2.05) is 109 Å². The van der Waals surface area contributed by atoms with Gasteiger partial charge in [-0.05, 0) is 48.2 Å². The highest BCUT2D eigenvalue weighted by molar-refractivity contribution is 8.19. The SMILES string of the molecule is S=P(OCc1ccc(C[OH+]P(=S)(c2ccccc2)c2ccccc2)o1)(c1ccccc1)c1ccccc1. The lowest BCUT2D eigenvalue weighted by Gasteiger charge is -2.23. The first-order valence-electron chi connectivity index (χ1n) is 11.9. The lowest BCUT2D eigenvalue weighted by Crippen LogP contribution is -2.20. The number of hydrogen-bond acceptors (Lipinski definition) is 4. The fraction of sp³-hybridized carbons (Fsp3) is 0.0667. The molecular weight excluding hydrogens is 534 g/mol. The number of rotatable bonds is 10. The second-order valence-corrected chi connectivity index (χ2v) is 16.4. The van der Waals surface area contributed by atoms with Crippen molar-refractivity contribution in [2.75, 3.05) is 0 Å². The largest absolute Gasteiger partial charge is 0.455 e. The molecule has 0 radical (unpaired) electrons. The Labute approximate surface area is 228 Å².